The van der Waals surface area contributed by atoms with E-state index < -0.39 is 60.4 Å². The Balaban J connectivity index is 2.89. The molecule has 1 heterocycles. The van der Waals surface area contributed by atoms with Crippen molar-refractivity contribution in [2.45, 2.75) is 69.1 Å². The van der Waals surface area contributed by atoms with Crippen molar-refractivity contribution >= 4 is 29.6 Å². The Morgan fingerprint density at radius 2 is 1.59 bits per heavy atom. The summed E-state index contributed by atoms with van der Waals surface area (Å²) in [6, 6.07) is -4.23. The average Bonchev–Trinajstić information content (AvgIpc) is 3.28. The Kier molecular flexibility index (Phi) is 12.2. The highest BCUT2D eigenvalue weighted by Gasteiger charge is 2.31. The quantitative estimate of drug-likeness (QED) is 0.115. The largest absolute Gasteiger partial charge is 0.480 e. The van der Waals surface area contributed by atoms with Crippen LogP contribution in [-0.4, -0.2) is 83.7 Å². The Labute approximate surface area is 186 Å². The number of aliphatic carboxylic acids is 1. The Hall–Kier alpha value is -2.77. The number of carbonyl (C=O) groups is 5. The minimum absolute atomic E-state index is 0.0643. The minimum Gasteiger partial charge on any atom is -0.480 e. The maximum absolute atomic E-state index is 12.9. The number of rotatable bonds is 15. The number of unbranched alkanes of at least 4 members (excludes halogenated alkanes) is 1. The average molecular weight is 459 g/mol. The second-order valence-corrected chi connectivity index (χ2v) is 7.64. The lowest BCUT2D eigenvalue weighted by Crippen LogP contribution is -2.57. The molecule has 0 bridgehead atoms. The molecule has 0 saturated carbocycles. The minimum atomic E-state index is -1.53. The second-order valence-electron chi connectivity index (χ2n) is 7.64. The molecule has 0 aromatic rings. The van der Waals surface area contributed by atoms with Crippen LogP contribution in [0.1, 0.15) is 44.9 Å². The van der Waals surface area contributed by atoms with E-state index in [4.69, 9.17) is 21.7 Å². The molecule has 1 aliphatic rings. The van der Waals surface area contributed by atoms with Gasteiger partial charge < -0.3 is 42.9 Å². The lowest BCUT2D eigenvalue weighted by molar-refractivity contribution is -0.143. The van der Waals surface area contributed by atoms with Crippen molar-refractivity contribution in [3.05, 3.63) is 0 Å². The SMILES string of the molecule is NCCCCC(NC(=O)C(CCC(N)=O)NC(=O)C1CCCN1)C(=O)NC(CO)C(=O)O. The highest BCUT2D eigenvalue weighted by Crippen LogP contribution is 2.08. The van der Waals surface area contributed by atoms with Gasteiger partial charge in [-0.1, -0.05) is 0 Å². The van der Waals surface area contributed by atoms with Crippen LogP contribution in [0, 0.1) is 0 Å². The summed E-state index contributed by atoms with van der Waals surface area (Å²) in [4.78, 5) is 60.2. The predicted molar refractivity (Wildman–Crippen MR) is 113 cm³/mol. The molecule has 0 aromatic carbocycles. The maximum atomic E-state index is 12.9. The summed E-state index contributed by atoms with van der Waals surface area (Å²) in [6.45, 7) is 0.216. The van der Waals surface area contributed by atoms with E-state index in [1.54, 1.807) is 0 Å². The lowest BCUT2D eigenvalue weighted by atomic mass is 10.1. The van der Waals surface area contributed by atoms with Crippen molar-refractivity contribution in [3.63, 3.8) is 0 Å². The fourth-order valence-corrected chi connectivity index (χ4v) is 3.23. The molecule has 4 atom stereocenters. The third kappa shape index (κ3) is 9.58. The van der Waals surface area contributed by atoms with Gasteiger partial charge in [0.05, 0.1) is 12.6 Å². The number of carboxylic acids is 1. The molecule has 1 saturated heterocycles. The standard InChI is InChI=1S/C19H34N6O7/c20-8-2-1-4-12(17(29)25-14(10-26)19(31)32)23-18(30)13(6-7-15(21)27)24-16(28)11-5-3-9-22-11/h11-14,22,26H,1-10,20H2,(H2,21,27)(H,23,30)(H,24,28)(H,25,29)(H,31,32). The number of nitrogens with one attached hydrogen (secondary N) is 4. The molecule has 13 heteroatoms. The molecule has 0 spiro atoms. The van der Waals surface area contributed by atoms with Crippen LogP contribution >= 0.6 is 0 Å². The van der Waals surface area contributed by atoms with Gasteiger partial charge >= 0.3 is 5.97 Å². The van der Waals surface area contributed by atoms with Gasteiger partial charge in [-0.25, -0.2) is 4.79 Å². The molecule has 1 fully saturated rings. The summed E-state index contributed by atoms with van der Waals surface area (Å²) in [5.41, 5.74) is 10.6. The van der Waals surface area contributed by atoms with Crippen molar-refractivity contribution in [2.75, 3.05) is 19.7 Å². The van der Waals surface area contributed by atoms with Crippen LogP contribution in [0.15, 0.2) is 0 Å². The van der Waals surface area contributed by atoms with E-state index in [2.05, 4.69) is 21.3 Å². The second kappa shape index (κ2) is 14.3. The fourth-order valence-electron chi connectivity index (χ4n) is 3.23. The van der Waals surface area contributed by atoms with Crippen LogP contribution in [0.5, 0.6) is 0 Å². The molecule has 0 aromatic heterocycles. The van der Waals surface area contributed by atoms with Gasteiger partial charge in [0.2, 0.25) is 23.6 Å². The smallest absolute Gasteiger partial charge is 0.328 e. The molecule has 1 aliphatic heterocycles. The molecular formula is C19H34N6O7. The first-order valence-corrected chi connectivity index (χ1v) is 10.7. The van der Waals surface area contributed by atoms with Gasteiger partial charge in [0.15, 0.2) is 0 Å². The number of amides is 4. The third-order valence-corrected chi connectivity index (χ3v) is 5.07. The normalized spacial score (nSPS) is 18.2. The number of nitrogens with two attached hydrogens (primary N) is 2. The van der Waals surface area contributed by atoms with Gasteiger partial charge in [-0.05, 0) is 51.6 Å². The van der Waals surface area contributed by atoms with E-state index in [-0.39, 0.29) is 19.3 Å². The molecule has 1 rings (SSSR count). The van der Waals surface area contributed by atoms with Gasteiger partial charge in [0, 0.05) is 6.42 Å². The van der Waals surface area contributed by atoms with Crippen molar-refractivity contribution in [1.82, 2.24) is 21.3 Å². The summed E-state index contributed by atoms with van der Waals surface area (Å²) >= 11 is 0. The van der Waals surface area contributed by atoms with E-state index in [1.165, 1.54) is 0 Å². The van der Waals surface area contributed by atoms with Gasteiger partial charge in [0.25, 0.3) is 0 Å². The molecule has 0 aliphatic carbocycles. The van der Waals surface area contributed by atoms with Crippen molar-refractivity contribution < 1.29 is 34.2 Å². The van der Waals surface area contributed by atoms with Gasteiger partial charge in [-0.2, -0.15) is 0 Å². The zero-order valence-corrected chi connectivity index (χ0v) is 18.0. The van der Waals surface area contributed by atoms with Gasteiger partial charge in [-0.15, -0.1) is 0 Å². The van der Waals surface area contributed by atoms with E-state index in [0.29, 0.717) is 32.4 Å². The highest BCUT2D eigenvalue weighted by atomic mass is 16.4. The van der Waals surface area contributed by atoms with Crippen LogP contribution in [0.3, 0.4) is 0 Å². The van der Waals surface area contributed by atoms with Crippen molar-refractivity contribution in [3.8, 4) is 0 Å². The number of hydrogen-bond acceptors (Lipinski definition) is 8. The summed E-state index contributed by atoms with van der Waals surface area (Å²) < 4.78 is 0. The first kappa shape index (κ1) is 27.3. The fraction of sp³-hybridized carbons (Fsp3) is 0.737. The molecule has 4 amide bonds. The third-order valence-electron chi connectivity index (χ3n) is 5.07. The zero-order valence-electron chi connectivity index (χ0n) is 18.0. The van der Waals surface area contributed by atoms with Crippen LogP contribution in [0.2, 0.25) is 0 Å². The lowest BCUT2D eigenvalue weighted by Gasteiger charge is -2.25. The molecule has 32 heavy (non-hydrogen) atoms. The van der Waals surface area contributed by atoms with Crippen LogP contribution in [-0.2, 0) is 24.0 Å². The molecule has 4 unspecified atom stereocenters. The monoisotopic (exact) mass is 458 g/mol. The van der Waals surface area contributed by atoms with E-state index in [1.807, 2.05) is 0 Å². The number of aliphatic hydroxyl groups is 1. The van der Waals surface area contributed by atoms with E-state index >= 15 is 0 Å². The number of hydrogen-bond donors (Lipinski definition) is 8. The molecule has 182 valence electrons. The van der Waals surface area contributed by atoms with Crippen molar-refractivity contribution in [2.24, 2.45) is 11.5 Å². The number of primary amides is 1. The summed E-state index contributed by atoms with van der Waals surface area (Å²) in [5.74, 6) is -3.98. The van der Waals surface area contributed by atoms with Gasteiger partial charge in [0.1, 0.15) is 18.1 Å². The maximum Gasteiger partial charge on any atom is 0.328 e. The Morgan fingerprint density at radius 3 is 2.09 bits per heavy atom. The Bertz CT molecular complexity index is 669. The summed E-state index contributed by atoms with van der Waals surface area (Å²) in [7, 11) is 0. The van der Waals surface area contributed by atoms with E-state index in [9.17, 15) is 24.0 Å². The summed E-state index contributed by atoms with van der Waals surface area (Å²) in [6.07, 6.45) is 2.39. The van der Waals surface area contributed by atoms with Crippen molar-refractivity contribution in [1.29, 1.82) is 0 Å². The van der Waals surface area contributed by atoms with Gasteiger partial charge in [-0.3, -0.25) is 19.2 Å². The molecule has 0 radical (unpaired) electrons. The number of carbonyl (C=O) groups excluding carboxylic acids is 4. The molecule has 13 nitrogen and oxygen atoms in total. The van der Waals surface area contributed by atoms with Crippen LogP contribution in [0.4, 0.5) is 0 Å². The first-order valence-electron chi connectivity index (χ1n) is 10.7. The molecular weight excluding hydrogens is 424 g/mol. The summed E-state index contributed by atoms with van der Waals surface area (Å²) in [5, 5.41) is 28.5. The first-order chi connectivity index (χ1) is 15.2. The number of carboxylic acid groups (broad SMARTS) is 1. The predicted octanol–water partition coefficient (Wildman–Crippen LogP) is -3.34. The Morgan fingerprint density at radius 1 is 0.969 bits per heavy atom. The van der Waals surface area contributed by atoms with Crippen LogP contribution in [0.25, 0.3) is 0 Å². The number of aliphatic hydroxyl groups excluding tert-OH is 1. The topological polar surface area (TPSA) is 226 Å². The zero-order chi connectivity index (χ0) is 24.1. The highest BCUT2D eigenvalue weighted by molar-refractivity contribution is 5.94. The molecule has 10 N–H and O–H groups in total. The van der Waals surface area contributed by atoms with E-state index in [0.717, 1.165) is 6.42 Å². The van der Waals surface area contributed by atoms with Crippen LogP contribution < -0.4 is 32.7 Å².